The topological polar surface area (TPSA) is 29.3 Å². The molecule has 0 aromatic heterocycles. The molecule has 1 aliphatic carbocycles. The summed E-state index contributed by atoms with van der Waals surface area (Å²) in [5.74, 6) is 1.76. The lowest BCUT2D eigenvalue weighted by Gasteiger charge is -2.37. The summed E-state index contributed by atoms with van der Waals surface area (Å²) in [4.78, 5) is 2.53. The van der Waals surface area contributed by atoms with E-state index in [1.807, 2.05) is 0 Å². The van der Waals surface area contributed by atoms with E-state index < -0.39 is 0 Å². The van der Waals surface area contributed by atoms with Gasteiger partial charge in [0.15, 0.2) is 0 Å². The minimum Gasteiger partial charge on any atom is -0.326 e. The predicted molar refractivity (Wildman–Crippen MR) is 81.8 cm³/mol. The average molecular weight is 260 g/mol. The first kappa shape index (κ1) is 14.5. The van der Waals surface area contributed by atoms with Gasteiger partial charge in [-0.3, -0.25) is 4.90 Å². The van der Waals surface area contributed by atoms with Gasteiger partial charge in [0, 0.05) is 19.1 Å². The molecule has 0 aliphatic heterocycles. The van der Waals surface area contributed by atoms with Gasteiger partial charge >= 0.3 is 0 Å². The SMILES string of the molecule is CC1CCC(N(C)Cc2ccc(CN)cc2)CC1C. The van der Waals surface area contributed by atoms with Crippen molar-refractivity contribution in [3.63, 3.8) is 0 Å². The van der Waals surface area contributed by atoms with E-state index in [1.54, 1.807) is 0 Å². The van der Waals surface area contributed by atoms with Crippen LogP contribution in [0.2, 0.25) is 0 Å². The number of hydrogen-bond acceptors (Lipinski definition) is 2. The Bertz CT molecular complexity index is 385. The average Bonchev–Trinajstić information content (AvgIpc) is 2.42. The normalized spacial score (nSPS) is 27.7. The maximum atomic E-state index is 5.64. The third-order valence-electron chi connectivity index (χ3n) is 4.88. The first-order chi connectivity index (χ1) is 9.10. The molecule has 0 amide bonds. The van der Waals surface area contributed by atoms with Gasteiger partial charge in [-0.25, -0.2) is 0 Å². The second kappa shape index (κ2) is 6.53. The van der Waals surface area contributed by atoms with E-state index in [2.05, 4.69) is 50.1 Å². The summed E-state index contributed by atoms with van der Waals surface area (Å²) in [6.07, 6.45) is 4.07. The minimum absolute atomic E-state index is 0.633. The lowest BCUT2D eigenvalue weighted by molar-refractivity contribution is 0.126. The molecule has 2 rings (SSSR count). The van der Waals surface area contributed by atoms with E-state index in [0.717, 1.165) is 24.4 Å². The molecular weight excluding hydrogens is 232 g/mol. The molecule has 1 aliphatic rings. The van der Waals surface area contributed by atoms with Gasteiger partial charge < -0.3 is 5.73 Å². The molecular formula is C17H28N2. The van der Waals surface area contributed by atoms with Crippen LogP contribution in [0.15, 0.2) is 24.3 Å². The Morgan fingerprint density at radius 3 is 2.26 bits per heavy atom. The molecule has 19 heavy (non-hydrogen) atoms. The van der Waals surface area contributed by atoms with Crippen molar-refractivity contribution in [2.75, 3.05) is 7.05 Å². The van der Waals surface area contributed by atoms with Gasteiger partial charge in [-0.05, 0) is 49.3 Å². The lowest BCUT2D eigenvalue weighted by Crippen LogP contribution is -2.37. The largest absolute Gasteiger partial charge is 0.326 e. The molecule has 2 N–H and O–H groups in total. The Labute approximate surface area is 118 Å². The van der Waals surface area contributed by atoms with Gasteiger partial charge in [0.2, 0.25) is 0 Å². The predicted octanol–water partition coefficient (Wildman–Crippen LogP) is 3.40. The molecule has 0 heterocycles. The second-order valence-electron chi connectivity index (χ2n) is 6.36. The van der Waals surface area contributed by atoms with Crippen molar-refractivity contribution in [3.05, 3.63) is 35.4 Å². The van der Waals surface area contributed by atoms with Crippen LogP contribution in [0.5, 0.6) is 0 Å². The van der Waals surface area contributed by atoms with Gasteiger partial charge in [-0.1, -0.05) is 38.1 Å². The monoisotopic (exact) mass is 260 g/mol. The second-order valence-corrected chi connectivity index (χ2v) is 6.36. The van der Waals surface area contributed by atoms with Gasteiger partial charge in [-0.2, -0.15) is 0 Å². The summed E-state index contributed by atoms with van der Waals surface area (Å²) in [5.41, 5.74) is 8.24. The zero-order chi connectivity index (χ0) is 13.8. The molecule has 1 aromatic rings. The molecule has 0 radical (unpaired) electrons. The van der Waals surface area contributed by atoms with Crippen LogP contribution in [0.3, 0.4) is 0 Å². The highest BCUT2D eigenvalue weighted by atomic mass is 15.1. The highest BCUT2D eigenvalue weighted by Gasteiger charge is 2.26. The third-order valence-corrected chi connectivity index (χ3v) is 4.88. The summed E-state index contributed by atoms with van der Waals surface area (Å²) in [5, 5.41) is 0. The lowest BCUT2D eigenvalue weighted by atomic mass is 9.78. The summed E-state index contributed by atoms with van der Waals surface area (Å²) >= 11 is 0. The molecule has 0 saturated heterocycles. The van der Waals surface area contributed by atoms with Crippen LogP contribution < -0.4 is 5.73 Å². The summed E-state index contributed by atoms with van der Waals surface area (Å²) in [6, 6.07) is 9.48. The molecule has 2 nitrogen and oxygen atoms in total. The fourth-order valence-electron chi connectivity index (χ4n) is 3.12. The quantitative estimate of drug-likeness (QED) is 0.899. The highest BCUT2D eigenvalue weighted by molar-refractivity contribution is 5.22. The van der Waals surface area contributed by atoms with Crippen LogP contribution in [0.1, 0.15) is 44.2 Å². The van der Waals surface area contributed by atoms with Crippen LogP contribution in [0, 0.1) is 11.8 Å². The molecule has 1 aromatic carbocycles. The van der Waals surface area contributed by atoms with E-state index >= 15 is 0 Å². The van der Waals surface area contributed by atoms with Crippen LogP contribution >= 0.6 is 0 Å². The van der Waals surface area contributed by atoms with Crippen molar-refractivity contribution >= 4 is 0 Å². The first-order valence-electron chi connectivity index (χ1n) is 7.58. The minimum atomic E-state index is 0.633. The van der Waals surface area contributed by atoms with E-state index in [9.17, 15) is 0 Å². The molecule has 1 saturated carbocycles. The van der Waals surface area contributed by atoms with Crippen LogP contribution in [-0.2, 0) is 13.1 Å². The molecule has 0 spiro atoms. The van der Waals surface area contributed by atoms with E-state index in [0.29, 0.717) is 6.54 Å². The van der Waals surface area contributed by atoms with Crippen molar-refractivity contribution in [3.8, 4) is 0 Å². The zero-order valence-corrected chi connectivity index (χ0v) is 12.6. The molecule has 0 bridgehead atoms. The fourth-order valence-corrected chi connectivity index (χ4v) is 3.12. The Hall–Kier alpha value is -0.860. The van der Waals surface area contributed by atoms with Crippen LogP contribution in [-0.4, -0.2) is 18.0 Å². The van der Waals surface area contributed by atoms with Gasteiger partial charge in [0.25, 0.3) is 0 Å². The number of hydrogen-bond donors (Lipinski definition) is 1. The maximum Gasteiger partial charge on any atom is 0.0233 e. The number of nitrogens with zero attached hydrogens (tertiary/aromatic N) is 1. The van der Waals surface area contributed by atoms with Crippen LogP contribution in [0.25, 0.3) is 0 Å². The van der Waals surface area contributed by atoms with E-state index in [4.69, 9.17) is 5.73 Å². The van der Waals surface area contributed by atoms with Crippen molar-refractivity contribution < 1.29 is 0 Å². The molecule has 3 atom stereocenters. The van der Waals surface area contributed by atoms with E-state index in [1.165, 1.54) is 30.4 Å². The Balaban J connectivity index is 1.91. The standard InChI is InChI=1S/C17H28N2/c1-13-4-9-17(10-14(13)2)19(3)12-16-7-5-15(11-18)6-8-16/h5-8,13-14,17H,4,9-12,18H2,1-3H3. The molecule has 2 heteroatoms. The summed E-state index contributed by atoms with van der Waals surface area (Å²) in [7, 11) is 2.27. The first-order valence-corrected chi connectivity index (χ1v) is 7.58. The van der Waals surface area contributed by atoms with Crippen molar-refractivity contribution in [1.29, 1.82) is 0 Å². The number of nitrogens with two attached hydrogens (primary N) is 1. The van der Waals surface area contributed by atoms with Crippen LogP contribution in [0.4, 0.5) is 0 Å². The highest BCUT2D eigenvalue weighted by Crippen LogP contribution is 2.32. The zero-order valence-electron chi connectivity index (χ0n) is 12.6. The summed E-state index contributed by atoms with van der Waals surface area (Å²) < 4.78 is 0. The van der Waals surface area contributed by atoms with Crippen molar-refractivity contribution in [2.45, 2.75) is 52.2 Å². The van der Waals surface area contributed by atoms with Gasteiger partial charge in [0.05, 0.1) is 0 Å². The number of rotatable bonds is 4. The van der Waals surface area contributed by atoms with Crippen molar-refractivity contribution in [1.82, 2.24) is 4.90 Å². The molecule has 1 fully saturated rings. The van der Waals surface area contributed by atoms with Gasteiger partial charge in [-0.15, -0.1) is 0 Å². The summed E-state index contributed by atoms with van der Waals surface area (Å²) in [6.45, 7) is 6.48. The Kier molecular flexibility index (Phi) is 5.00. The Morgan fingerprint density at radius 1 is 1.05 bits per heavy atom. The molecule has 106 valence electrons. The fraction of sp³-hybridized carbons (Fsp3) is 0.647. The smallest absolute Gasteiger partial charge is 0.0233 e. The Morgan fingerprint density at radius 2 is 1.68 bits per heavy atom. The number of benzene rings is 1. The molecule has 3 unspecified atom stereocenters. The maximum absolute atomic E-state index is 5.64. The third kappa shape index (κ3) is 3.80. The van der Waals surface area contributed by atoms with E-state index in [-0.39, 0.29) is 0 Å². The van der Waals surface area contributed by atoms with Crippen molar-refractivity contribution in [2.24, 2.45) is 17.6 Å². The van der Waals surface area contributed by atoms with Gasteiger partial charge in [0.1, 0.15) is 0 Å².